The molecule has 0 saturated carbocycles. The molecule has 3 rings (SSSR count). The second kappa shape index (κ2) is 5.94. The smallest absolute Gasteiger partial charge is 0.391 e. The minimum Gasteiger partial charge on any atom is -0.391 e. The number of aliphatic hydroxyl groups is 1. The van der Waals surface area contributed by atoms with Crippen LogP contribution in [0.5, 0.6) is 0 Å². The van der Waals surface area contributed by atoms with Crippen LogP contribution in [-0.4, -0.2) is 38.1 Å². The van der Waals surface area contributed by atoms with Gasteiger partial charge in [-0.1, -0.05) is 18.2 Å². The predicted octanol–water partition coefficient (Wildman–Crippen LogP) is 2.39. The molecule has 1 fully saturated rings. The normalized spacial score (nSPS) is 21.3. The summed E-state index contributed by atoms with van der Waals surface area (Å²) >= 11 is 0. The van der Waals surface area contributed by atoms with Gasteiger partial charge in [0.25, 0.3) is 5.91 Å². The molecule has 1 aromatic heterocycles. The highest BCUT2D eigenvalue weighted by Gasteiger charge is 2.41. The number of carbonyl (C=O) groups is 1. The van der Waals surface area contributed by atoms with Crippen molar-refractivity contribution in [3.8, 4) is 0 Å². The topological polar surface area (TPSA) is 58.4 Å². The van der Waals surface area contributed by atoms with E-state index in [-0.39, 0.29) is 24.2 Å². The lowest BCUT2D eigenvalue weighted by molar-refractivity contribution is -0.138. The standard InChI is InChI=1S/C16H16F3N3O2/c1-21-8-13(20-9-21)15(24)22-7-10(23)6-14(22)11-4-2-3-5-12(11)16(17,18)19/h2-5,8-10,14,23H,6-7H2,1H3/t10-,14+/m1/s1. The maximum atomic E-state index is 13.3. The molecule has 2 heterocycles. The number of likely N-dealkylation sites (tertiary alicyclic amines) is 1. The minimum atomic E-state index is -4.52. The number of hydrogen-bond acceptors (Lipinski definition) is 3. The maximum absolute atomic E-state index is 13.3. The summed E-state index contributed by atoms with van der Waals surface area (Å²) in [4.78, 5) is 17.8. The third-order valence-electron chi connectivity index (χ3n) is 4.09. The number of carbonyl (C=O) groups excluding carboxylic acids is 1. The highest BCUT2D eigenvalue weighted by molar-refractivity contribution is 5.92. The van der Waals surface area contributed by atoms with E-state index in [0.29, 0.717) is 0 Å². The number of amides is 1. The van der Waals surface area contributed by atoms with Crippen LogP contribution in [0.25, 0.3) is 0 Å². The predicted molar refractivity (Wildman–Crippen MR) is 79.1 cm³/mol. The Bertz CT molecular complexity index is 757. The molecular formula is C16H16F3N3O2. The van der Waals surface area contributed by atoms with E-state index in [4.69, 9.17) is 0 Å². The van der Waals surface area contributed by atoms with E-state index >= 15 is 0 Å². The number of benzene rings is 1. The molecule has 1 saturated heterocycles. The first-order valence-electron chi connectivity index (χ1n) is 7.40. The van der Waals surface area contributed by atoms with Crippen LogP contribution < -0.4 is 0 Å². The fraction of sp³-hybridized carbons (Fsp3) is 0.375. The summed E-state index contributed by atoms with van der Waals surface area (Å²) in [7, 11) is 1.69. The highest BCUT2D eigenvalue weighted by atomic mass is 19.4. The van der Waals surface area contributed by atoms with E-state index in [9.17, 15) is 23.1 Å². The van der Waals surface area contributed by atoms with Gasteiger partial charge in [0.15, 0.2) is 0 Å². The van der Waals surface area contributed by atoms with Gasteiger partial charge in [-0.15, -0.1) is 0 Å². The number of aryl methyl sites for hydroxylation is 1. The maximum Gasteiger partial charge on any atom is 0.416 e. The molecule has 1 amide bonds. The van der Waals surface area contributed by atoms with Gasteiger partial charge in [0.05, 0.1) is 24.0 Å². The van der Waals surface area contributed by atoms with Crippen LogP contribution in [0.3, 0.4) is 0 Å². The van der Waals surface area contributed by atoms with Gasteiger partial charge in [-0.25, -0.2) is 4.98 Å². The first-order valence-corrected chi connectivity index (χ1v) is 7.40. The van der Waals surface area contributed by atoms with Gasteiger partial charge < -0.3 is 14.6 Å². The SMILES string of the molecule is Cn1cnc(C(=O)N2C[C@H](O)C[C@H]2c2ccccc2C(F)(F)F)c1. The first kappa shape index (κ1) is 16.5. The monoisotopic (exact) mass is 339 g/mol. The molecule has 0 unspecified atom stereocenters. The number of imidazole rings is 1. The molecule has 24 heavy (non-hydrogen) atoms. The number of aliphatic hydroxyl groups excluding tert-OH is 1. The summed E-state index contributed by atoms with van der Waals surface area (Å²) < 4.78 is 41.4. The van der Waals surface area contributed by atoms with Crippen LogP contribution in [0.1, 0.15) is 34.1 Å². The lowest BCUT2D eigenvalue weighted by atomic mass is 9.97. The van der Waals surface area contributed by atoms with Crippen molar-refractivity contribution in [3.63, 3.8) is 0 Å². The van der Waals surface area contributed by atoms with Crippen LogP contribution in [0.4, 0.5) is 13.2 Å². The van der Waals surface area contributed by atoms with Crippen LogP contribution in [0, 0.1) is 0 Å². The van der Waals surface area contributed by atoms with Crippen molar-refractivity contribution in [1.82, 2.24) is 14.5 Å². The third-order valence-corrected chi connectivity index (χ3v) is 4.09. The van der Waals surface area contributed by atoms with Crippen molar-refractivity contribution < 1.29 is 23.1 Å². The Morgan fingerprint density at radius 1 is 1.33 bits per heavy atom. The van der Waals surface area contributed by atoms with Gasteiger partial charge in [0.1, 0.15) is 5.69 Å². The van der Waals surface area contributed by atoms with Gasteiger partial charge >= 0.3 is 6.18 Å². The van der Waals surface area contributed by atoms with E-state index in [0.717, 1.165) is 6.07 Å². The fourth-order valence-electron chi connectivity index (χ4n) is 3.05. The molecule has 0 spiro atoms. The quantitative estimate of drug-likeness (QED) is 0.914. The van der Waals surface area contributed by atoms with E-state index < -0.39 is 29.8 Å². The van der Waals surface area contributed by atoms with Crippen LogP contribution >= 0.6 is 0 Å². The van der Waals surface area contributed by atoms with Gasteiger partial charge in [0, 0.05) is 19.8 Å². The molecule has 1 aliphatic rings. The summed E-state index contributed by atoms with van der Waals surface area (Å²) in [6.07, 6.45) is -2.39. The van der Waals surface area contributed by atoms with Crippen molar-refractivity contribution in [2.75, 3.05) is 6.54 Å². The fourth-order valence-corrected chi connectivity index (χ4v) is 3.05. The zero-order chi connectivity index (χ0) is 17.5. The Labute approximate surface area is 136 Å². The molecule has 1 aromatic carbocycles. The molecular weight excluding hydrogens is 323 g/mol. The average molecular weight is 339 g/mol. The van der Waals surface area contributed by atoms with E-state index in [1.807, 2.05) is 0 Å². The zero-order valence-electron chi connectivity index (χ0n) is 12.9. The molecule has 0 aliphatic carbocycles. The van der Waals surface area contributed by atoms with Gasteiger partial charge in [0.2, 0.25) is 0 Å². The number of rotatable bonds is 2. The molecule has 5 nitrogen and oxygen atoms in total. The average Bonchev–Trinajstić information content (AvgIpc) is 3.12. The summed E-state index contributed by atoms with van der Waals surface area (Å²) in [5.74, 6) is -0.492. The largest absolute Gasteiger partial charge is 0.416 e. The van der Waals surface area contributed by atoms with Gasteiger partial charge in [-0.3, -0.25) is 4.79 Å². The molecule has 0 radical (unpaired) electrons. The lowest BCUT2D eigenvalue weighted by Crippen LogP contribution is -2.32. The first-order chi connectivity index (χ1) is 11.3. The molecule has 0 bridgehead atoms. The Kier molecular flexibility index (Phi) is 4.08. The number of alkyl halides is 3. The summed E-state index contributed by atoms with van der Waals surface area (Å²) in [6.45, 7) is -0.0216. The summed E-state index contributed by atoms with van der Waals surface area (Å²) in [5.41, 5.74) is -0.658. The number of aromatic nitrogens is 2. The van der Waals surface area contributed by atoms with Crippen molar-refractivity contribution >= 4 is 5.91 Å². The Morgan fingerprint density at radius 3 is 2.67 bits per heavy atom. The Hall–Kier alpha value is -2.35. The molecule has 8 heteroatoms. The second-order valence-corrected chi connectivity index (χ2v) is 5.87. The van der Waals surface area contributed by atoms with E-state index in [1.54, 1.807) is 11.6 Å². The number of halogens is 3. The number of hydrogen-bond donors (Lipinski definition) is 1. The van der Waals surface area contributed by atoms with E-state index in [2.05, 4.69) is 4.98 Å². The Morgan fingerprint density at radius 2 is 2.04 bits per heavy atom. The van der Waals surface area contributed by atoms with E-state index in [1.165, 1.54) is 35.6 Å². The minimum absolute atomic E-state index is 0.00849. The van der Waals surface area contributed by atoms with Crippen molar-refractivity contribution in [2.24, 2.45) is 7.05 Å². The summed E-state index contributed by atoms with van der Waals surface area (Å²) in [5, 5.41) is 9.93. The molecule has 2 atom stereocenters. The number of β-amino-alcohol motifs (C(OH)–C–C–N with tert-alkyl or cyclic N) is 1. The van der Waals surface area contributed by atoms with Crippen molar-refractivity contribution in [2.45, 2.75) is 24.7 Å². The third kappa shape index (κ3) is 3.01. The van der Waals surface area contributed by atoms with Crippen LogP contribution in [0.2, 0.25) is 0 Å². The molecule has 1 N–H and O–H groups in total. The van der Waals surface area contributed by atoms with Crippen molar-refractivity contribution in [1.29, 1.82) is 0 Å². The van der Waals surface area contributed by atoms with Crippen molar-refractivity contribution in [3.05, 3.63) is 53.6 Å². The molecule has 128 valence electrons. The second-order valence-electron chi connectivity index (χ2n) is 5.87. The Balaban J connectivity index is 1.99. The van der Waals surface area contributed by atoms with Gasteiger partial charge in [-0.05, 0) is 18.1 Å². The highest BCUT2D eigenvalue weighted by Crippen LogP contribution is 2.40. The van der Waals surface area contributed by atoms with Crippen LogP contribution in [0.15, 0.2) is 36.8 Å². The lowest BCUT2D eigenvalue weighted by Gasteiger charge is -2.26. The van der Waals surface area contributed by atoms with Crippen LogP contribution in [-0.2, 0) is 13.2 Å². The summed E-state index contributed by atoms with van der Waals surface area (Å²) in [6, 6.07) is 4.31. The zero-order valence-corrected chi connectivity index (χ0v) is 12.9. The van der Waals surface area contributed by atoms with Gasteiger partial charge in [-0.2, -0.15) is 13.2 Å². The molecule has 1 aliphatic heterocycles. The number of nitrogens with zero attached hydrogens (tertiary/aromatic N) is 3. The molecule has 2 aromatic rings.